The highest BCUT2D eigenvalue weighted by Crippen LogP contribution is 2.31. The van der Waals surface area contributed by atoms with Crippen LogP contribution in [0.4, 0.5) is 11.5 Å². The Hall–Kier alpha value is -1.96. The summed E-state index contributed by atoms with van der Waals surface area (Å²) in [7, 11) is 1.34. The molecule has 0 amide bonds. The summed E-state index contributed by atoms with van der Waals surface area (Å²) in [5.41, 5.74) is -0.246. The highest BCUT2D eigenvalue weighted by atomic mass is 16.6. The Morgan fingerprint density at radius 1 is 1.42 bits per heavy atom. The van der Waals surface area contributed by atoms with E-state index < -0.39 is 4.92 Å². The zero-order chi connectivity index (χ0) is 14.3. The molecule has 0 aliphatic carbocycles. The van der Waals surface area contributed by atoms with Gasteiger partial charge in [-0.2, -0.15) is 4.98 Å². The van der Waals surface area contributed by atoms with Crippen LogP contribution in [-0.2, 0) is 4.74 Å². The lowest BCUT2D eigenvalue weighted by atomic mass is 10.4. The summed E-state index contributed by atoms with van der Waals surface area (Å²) in [6, 6.07) is 0. The molecule has 0 aliphatic heterocycles. The number of nitrogens with zero attached hydrogens (tertiary/aromatic N) is 3. The Bertz CT molecular complexity index is 439. The van der Waals surface area contributed by atoms with Crippen LogP contribution in [0.15, 0.2) is 0 Å². The van der Waals surface area contributed by atoms with Crippen LogP contribution in [0.25, 0.3) is 0 Å². The van der Waals surface area contributed by atoms with Gasteiger partial charge in [-0.1, -0.05) is 0 Å². The molecule has 106 valence electrons. The Morgan fingerprint density at radius 2 is 2.16 bits per heavy atom. The van der Waals surface area contributed by atoms with Crippen LogP contribution >= 0.6 is 0 Å². The average Bonchev–Trinajstić information content (AvgIpc) is 2.37. The lowest BCUT2D eigenvalue weighted by Gasteiger charge is -2.09. The predicted octanol–water partition coefficient (Wildman–Crippen LogP) is 1.54. The van der Waals surface area contributed by atoms with E-state index in [4.69, 9.17) is 9.47 Å². The number of aryl methyl sites for hydroxylation is 1. The molecule has 8 nitrogen and oxygen atoms in total. The molecule has 0 saturated heterocycles. The zero-order valence-electron chi connectivity index (χ0n) is 11.3. The van der Waals surface area contributed by atoms with Crippen molar-refractivity contribution in [3.05, 3.63) is 15.9 Å². The third-order valence-electron chi connectivity index (χ3n) is 2.30. The van der Waals surface area contributed by atoms with Crippen molar-refractivity contribution in [1.82, 2.24) is 9.97 Å². The zero-order valence-corrected chi connectivity index (χ0v) is 11.3. The highest BCUT2D eigenvalue weighted by Gasteiger charge is 2.24. The third-order valence-corrected chi connectivity index (χ3v) is 2.30. The third kappa shape index (κ3) is 4.32. The number of hydrogen-bond acceptors (Lipinski definition) is 7. The van der Waals surface area contributed by atoms with E-state index in [1.807, 2.05) is 6.92 Å². The van der Waals surface area contributed by atoms with E-state index in [0.717, 1.165) is 6.42 Å². The summed E-state index contributed by atoms with van der Waals surface area (Å²) in [6.07, 6.45) is 0.733. The van der Waals surface area contributed by atoms with Crippen LogP contribution in [0.2, 0.25) is 0 Å². The van der Waals surface area contributed by atoms with E-state index in [0.29, 0.717) is 25.6 Å². The summed E-state index contributed by atoms with van der Waals surface area (Å²) < 4.78 is 10.1. The van der Waals surface area contributed by atoms with Gasteiger partial charge in [0.05, 0.1) is 12.0 Å². The molecule has 0 atom stereocenters. The van der Waals surface area contributed by atoms with E-state index in [1.165, 1.54) is 7.11 Å². The van der Waals surface area contributed by atoms with Crippen LogP contribution in [-0.4, -0.2) is 41.8 Å². The molecular formula is C11H18N4O4. The summed E-state index contributed by atoms with van der Waals surface area (Å²) in [4.78, 5) is 18.4. The van der Waals surface area contributed by atoms with Crippen molar-refractivity contribution in [3.63, 3.8) is 0 Å². The molecule has 0 aliphatic rings. The lowest BCUT2D eigenvalue weighted by Crippen LogP contribution is -2.11. The molecule has 0 saturated carbocycles. The maximum atomic E-state index is 11.0. The van der Waals surface area contributed by atoms with Crippen molar-refractivity contribution in [2.45, 2.75) is 20.3 Å². The van der Waals surface area contributed by atoms with Crippen molar-refractivity contribution in [1.29, 1.82) is 0 Å². The van der Waals surface area contributed by atoms with E-state index in [1.54, 1.807) is 6.92 Å². The Balaban J connectivity index is 2.80. The molecule has 0 spiro atoms. The fourth-order valence-electron chi connectivity index (χ4n) is 1.50. The quantitative estimate of drug-likeness (QED) is 0.434. The maximum Gasteiger partial charge on any atom is 0.372 e. The van der Waals surface area contributed by atoms with Gasteiger partial charge in [-0.05, 0) is 20.3 Å². The summed E-state index contributed by atoms with van der Waals surface area (Å²) in [5.74, 6) is 0.547. The second-order valence-electron chi connectivity index (χ2n) is 3.71. The van der Waals surface area contributed by atoms with Crippen LogP contribution in [0.1, 0.15) is 19.2 Å². The molecule has 1 rings (SSSR count). The molecule has 1 aromatic heterocycles. The Labute approximate surface area is 111 Å². The molecule has 0 unspecified atom stereocenters. The number of hydrogen-bond donors (Lipinski definition) is 1. The van der Waals surface area contributed by atoms with Crippen LogP contribution in [0.5, 0.6) is 5.88 Å². The van der Waals surface area contributed by atoms with Gasteiger partial charge in [0.2, 0.25) is 5.82 Å². The molecule has 19 heavy (non-hydrogen) atoms. The second-order valence-corrected chi connectivity index (χ2v) is 3.71. The van der Waals surface area contributed by atoms with Crippen LogP contribution in [0, 0.1) is 17.0 Å². The monoisotopic (exact) mass is 270 g/mol. The fraction of sp³-hybridized carbons (Fsp3) is 0.636. The van der Waals surface area contributed by atoms with Gasteiger partial charge in [0, 0.05) is 19.8 Å². The summed E-state index contributed by atoms with van der Waals surface area (Å²) in [5, 5.41) is 13.9. The molecule has 0 fully saturated rings. The number of nitrogens with one attached hydrogen (secondary N) is 1. The van der Waals surface area contributed by atoms with Crippen molar-refractivity contribution in [3.8, 4) is 5.88 Å². The van der Waals surface area contributed by atoms with Crippen LogP contribution < -0.4 is 10.1 Å². The van der Waals surface area contributed by atoms with Gasteiger partial charge in [0.1, 0.15) is 5.82 Å². The summed E-state index contributed by atoms with van der Waals surface area (Å²) in [6.45, 7) is 5.34. The van der Waals surface area contributed by atoms with E-state index in [9.17, 15) is 10.1 Å². The first kappa shape index (κ1) is 15.1. The largest absolute Gasteiger partial charge is 0.476 e. The van der Waals surface area contributed by atoms with Crippen LogP contribution in [0.3, 0.4) is 0 Å². The van der Waals surface area contributed by atoms with Gasteiger partial charge >= 0.3 is 5.69 Å². The first-order chi connectivity index (χ1) is 9.10. The predicted molar refractivity (Wildman–Crippen MR) is 69.6 cm³/mol. The molecule has 8 heteroatoms. The average molecular weight is 270 g/mol. The smallest absolute Gasteiger partial charge is 0.372 e. The minimum atomic E-state index is -0.552. The second kappa shape index (κ2) is 7.47. The topological polar surface area (TPSA) is 99.4 Å². The minimum absolute atomic E-state index is 0.0372. The Kier molecular flexibility index (Phi) is 5.94. The van der Waals surface area contributed by atoms with E-state index in [2.05, 4.69) is 15.3 Å². The van der Waals surface area contributed by atoms with Gasteiger partial charge in [-0.15, -0.1) is 0 Å². The standard InChI is InChI=1S/C11H18N4O4/c1-4-19-7-5-6-12-10-9(15(16)17)11(18-3)14-8(2)13-10/h4-7H2,1-3H3,(H,12,13,14). The van der Waals surface area contributed by atoms with Crippen molar-refractivity contribution in [2.75, 3.05) is 32.2 Å². The van der Waals surface area contributed by atoms with Gasteiger partial charge in [0.25, 0.3) is 5.88 Å². The number of rotatable bonds is 8. The van der Waals surface area contributed by atoms with Gasteiger partial charge in [-0.3, -0.25) is 10.1 Å². The first-order valence-corrected chi connectivity index (χ1v) is 5.98. The number of methoxy groups -OCH3 is 1. The molecule has 0 bridgehead atoms. The number of anilines is 1. The molecule has 1 heterocycles. The van der Waals surface area contributed by atoms with E-state index >= 15 is 0 Å². The molecule has 1 N–H and O–H groups in total. The number of nitro groups is 1. The van der Waals surface area contributed by atoms with Crippen molar-refractivity contribution in [2.24, 2.45) is 0 Å². The Morgan fingerprint density at radius 3 is 2.74 bits per heavy atom. The van der Waals surface area contributed by atoms with Gasteiger partial charge in [0.15, 0.2) is 0 Å². The fourth-order valence-corrected chi connectivity index (χ4v) is 1.50. The molecular weight excluding hydrogens is 252 g/mol. The number of ether oxygens (including phenoxy) is 2. The SMILES string of the molecule is CCOCCCNc1nc(C)nc(OC)c1[N+](=O)[O-]. The molecule has 1 aromatic rings. The first-order valence-electron chi connectivity index (χ1n) is 5.98. The minimum Gasteiger partial charge on any atom is -0.476 e. The van der Waals surface area contributed by atoms with Gasteiger partial charge in [-0.25, -0.2) is 4.98 Å². The van der Waals surface area contributed by atoms with Crippen molar-refractivity contribution < 1.29 is 14.4 Å². The normalized spacial score (nSPS) is 10.3. The van der Waals surface area contributed by atoms with Crippen molar-refractivity contribution >= 4 is 11.5 Å². The lowest BCUT2D eigenvalue weighted by molar-refractivity contribution is -0.385. The molecule has 0 radical (unpaired) electrons. The highest BCUT2D eigenvalue weighted by molar-refractivity contribution is 5.61. The number of aromatic nitrogens is 2. The van der Waals surface area contributed by atoms with Gasteiger partial charge < -0.3 is 14.8 Å². The maximum absolute atomic E-state index is 11.0. The summed E-state index contributed by atoms with van der Waals surface area (Å²) >= 11 is 0. The molecule has 0 aromatic carbocycles. The van der Waals surface area contributed by atoms with E-state index in [-0.39, 0.29) is 17.4 Å².